The van der Waals surface area contributed by atoms with Crippen molar-refractivity contribution in [1.82, 2.24) is 25.2 Å². The van der Waals surface area contributed by atoms with Crippen molar-refractivity contribution in [3.8, 4) is 0 Å². The Morgan fingerprint density at radius 1 is 0.942 bits per heavy atom. The molecule has 0 radical (unpaired) electrons. The number of amides is 3. The van der Waals surface area contributed by atoms with Gasteiger partial charge in [0, 0.05) is 57.4 Å². The number of rotatable bonds is 12. The van der Waals surface area contributed by atoms with Crippen molar-refractivity contribution in [2.75, 3.05) is 11.9 Å². The van der Waals surface area contributed by atoms with Gasteiger partial charge in [0.2, 0.25) is 11.8 Å². The van der Waals surface area contributed by atoms with Gasteiger partial charge in [-0.05, 0) is 38.5 Å². The number of nitrogens with one attached hydrogen (secondary N) is 4. The molecule has 2 aromatic heterocycles. The van der Waals surface area contributed by atoms with E-state index in [4.69, 9.17) is 23.7 Å². The second-order valence-corrected chi connectivity index (χ2v) is 13.0. The number of nitrogens with zero attached hydrogens (tertiary/aromatic N) is 2. The molecule has 0 saturated carbocycles. The number of alkyl carbamates (subject to hydrolysis) is 1. The zero-order valence-corrected chi connectivity index (χ0v) is 29.7. The molecule has 1 aliphatic rings. The molecule has 4 N–H and O–H groups in total. The lowest BCUT2D eigenvalue weighted by Gasteiger charge is -2.30. The van der Waals surface area contributed by atoms with E-state index in [-0.39, 0.29) is 12.2 Å². The average molecular weight is 727 g/mol. The van der Waals surface area contributed by atoms with Crippen LogP contribution in [0.4, 0.5) is 10.6 Å². The summed E-state index contributed by atoms with van der Waals surface area (Å²) >= 11 is 0. The number of hydrogen-bond donors (Lipinski definition) is 4. The number of carbonyl (C=O) groups is 6. The van der Waals surface area contributed by atoms with Crippen molar-refractivity contribution in [3.05, 3.63) is 58.8 Å². The fourth-order valence-electron chi connectivity index (χ4n) is 5.60. The number of aromatic nitrogens is 3. The Morgan fingerprint density at radius 3 is 2.23 bits per heavy atom. The number of fused-ring (bicyclic) bond motifs is 1. The quantitative estimate of drug-likeness (QED) is 0.154. The van der Waals surface area contributed by atoms with Crippen molar-refractivity contribution in [2.24, 2.45) is 0 Å². The molecule has 52 heavy (non-hydrogen) atoms. The third-order valence-corrected chi connectivity index (χ3v) is 7.53. The molecule has 0 bridgehead atoms. The average Bonchev–Trinajstić information content (AvgIpc) is 3.58. The van der Waals surface area contributed by atoms with Gasteiger partial charge in [-0.1, -0.05) is 18.2 Å². The Bertz CT molecular complexity index is 1880. The van der Waals surface area contributed by atoms with E-state index >= 15 is 0 Å². The van der Waals surface area contributed by atoms with Crippen LogP contribution in [0.2, 0.25) is 0 Å². The molecule has 4 rings (SSSR count). The maximum atomic E-state index is 14.2. The largest absolute Gasteiger partial charge is 0.464 e. The van der Waals surface area contributed by atoms with Crippen LogP contribution in [-0.4, -0.2) is 93.0 Å². The molecule has 18 heteroatoms. The molecule has 0 spiro atoms. The second-order valence-electron chi connectivity index (χ2n) is 13.0. The van der Waals surface area contributed by atoms with Gasteiger partial charge in [0.15, 0.2) is 18.4 Å². The van der Waals surface area contributed by atoms with Gasteiger partial charge in [-0.3, -0.25) is 28.5 Å². The molecule has 0 aliphatic carbocycles. The molecular weight excluding hydrogens is 684 g/mol. The predicted octanol–water partition coefficient (Wildman–Crippen LogP) is 1.63. The molecule has 18 nitrogen and oxygen atoms in total. The summed E-state index contributed by atoms with van der Waals surface area (Å²) in [5.74, 6) is -3.71. The summed E-state index contributed by atoms with van der Waals surface area (Å²) in [6, 6.07) is 6.06. The van der Waals surface area contributed by atoms with Crippen LogP contribution in [0, 0.1) is 0 Å². The summed E-state index contributed by atoms with van der Waals surface area (Å²) in [5, 5.41) is 8.52. The summed E-state index contributed by atoms with van der Waals surface area (Å²) in [4.78, 5) is 95.5. The highest BCUT2D eigenvalue weighted by molar-refractivity contribution is 5.89. The molecule has 3 heterocycles. The third kappa shape index (κ3) is 10.4. The Balaban J connectivity index is 1.73. The molecule has 6 atom stereocenters. The van der Waals surface area contributed by atoms with Crippen LogP contribution < -0.4 is 21.6 Å². The summed E-state index contributed by atoms with van der Waals surface area (Å²) < 4.78 is 29.0. The fourth-order valence-corrected chi connectivity index (χ4v) is 5.60. The lowest BCUT2D eigenvalue weighted by atomic mass is 10.0. The van der Waals surface area contributed by atoms with E-state index in [9.17, 15) is 33.6 Å². The van der Waals surface area contributed by atoms with Gasteiger partial charge in [-0.25, -0.2) is 9.59 Å². The van der Waals surface area contributed by atoms with Crippen LogP contribution in [0.1, 0.15) is 60.3 Å². The van der Waals surface area contributed by atoms with E-state index in [1.807, 2.05) is 24.3 Å². The van der Waals surface area contributed by atoms with Crippen molar-refractivity contribution < 1.29 is 52.5 Å². The first-order valence-electron chi connectivity index (χ1n) is 16.3. The molecule has 0 unspecified atom stereocenters. The van der Waals surface area contributed by atoms with E-state index in [2.05, 4.69) is 25.9 Å². The van der Waals surface area contributed by atoms with E-state index in [0.717, 1.165) is 36.2 Å². The summed E-state index contributed by atoms with van der Waals surface area (Å²) in [7, 11) is 0. The number of esters is 3. The van der Waals surface area contributed by atoms with Gasteiger partial charge in [-0.15, -0.1) is 0 Å². The van der Waals surface area contributed by atoms with Gasteiger partial charge in [0.25, 0.3) is 0 Å². The number of ether oxygens (including phenoxy) is 5. The lowest BCUT2D eigenvalue weighted by Crippen LogP contribution is -2.57. The minimum Gasteiger partial charge on any atom is -0.464 e. The zero-order chi connectivity index (χ0) is 38.3. The summed E-state index contributed by atoms with van der Waals surface area (Å²) in [5.41, 5.74) is -0.353. The number of benzene rings is 1. The topological polar surface area (TPSA) is 235 Å². The Morgan fingerprint density at radius 2 is 1.62 bits per heavy atom. The molecular formula is C34H42N6O12. The predicted molar refractivity (Wildman–Crippen MR) is 182 cm³/mol. The lowest BCUT2D eigenvalue weighted by molar-refractivity contribution is -0.166. The van der Waals surface area contributed by atoms with Crippen LogP contribution >= 0.6 is 0 Å². The fraction of sp³-hybridized carbons (Fsp3) is 0.471. The molecule has 280 valence electrons. The summed E-state index contributed by atoms with van der Waals surface area (Å²) in [6.07, 6.45) is -3.83. The van der Waals surface area contributed by atoms with E-state index < -0.39 is 90.3 Å². The first-order chi connectivity index (χ1) is 24.4. The normalized spacial score (nSPS) is 19.5. The highest BCUT2D eigenvalue weighted by Gasteiger charge is 2.54. The number of para-hydroxylation sites is 1. The van der Waals surface area contributed by atoms with Crippen LogP contribution in [-0.2, 0) is 54.1 Å². The minimum atomic E-state index is -1.48. The Labute approximate surface area is 297 Å². The Hall–Kier alpha value is -5.78. The smallest absolute Gasteiger partial charge is 0.408 e. The van der Waals surface area contributed by atoms with Crippen LogP contribution in [0.25, 0.3) is 10.9 Å². The summed E-state index contributed by atoms with van der Waals surface area (Å²) in [6.45, 7) is 8.98. The second kappa shape index (κ2) is 16.5. The maximum absolute atomic E-state index is 14.2. The maximum Gasteiger partial charge on any atom is 0.408 e. The van der Waals surface area contributed by atoms with E-state index in [0.29, 0.717) is 5.56 Å². The van der Waals surface area contributed by atoms with Crippen molar-refractivity contribution in [3.63, 3.8) is 0 Å². The molecule has 1 aliphatic heterocycles. The third-order valence-electron chi connectivity index (χ3n) is 7.53. The van der Waals surface area contributed by atoms with Gasteiger partial charge in [0.05, 0.1) is 6.04 Å². The number of hydrogen-bond acceptors (Lipinski definition) is 13. The van der Waals surface area contributed by atoms with Crippen LogP contribution in [0.5, 0.6) is 0 Å². The first kappa shape index (κ1) is 39.0. The van der Waals surface area contributed by atoms with Gasteiger partial charge in [0.1, 0.15) is 30.2 Å². The van der Waals surface area contributed by atoms with Crippen molar-refractivity contribution >= 4 is 52.5 Å². The van der Waals surface area contributed by atoms with Crippen LogP contribution in [0.15, 0.2) is 47.5 Å². The number of carbonyl (C=O) groups excluding carboxylic acids is 6. The first-order valence-corrected chi connectivity index (χ1v) is 16.3. The molecule has 1 fully saturated rings. The minimum absolute atomic E-state index is 0.0192. The number of aromatic amines is 1. The molecule has 1 aromatic carbocycles. The SMILES string of the molecule is CC(=O)Nc1ccn([C@@H]2O[C@H]([C@@H](COC(C)=O)NC(=O)[C@@H](Cc3c[nH]c4ccccc34)NC(=O)OC(C)(C)C)[C@@H](OC(C)=O)[C@H]2OC(C)=O)c(=O)n1. The highest BCUT2D eigenvalue weighted by atomic mass is 16.6. The zero-order valence-electron chi connectivity index (χ0n) is 29.7. The van der Waals surface area contributed by atoms with Gasteiger partial charge >= 0.3 is 29.7 Å². The van der Waals surface area contributed by atoms with E-state index in [1.165, 1.54) is 19.2 Å². The highest BCUT2D eigenvalue weighted by Crippen LogP contribution is 2.35. The standard InChI is InChI=1S/C34H42N6O12/c1-17(41)36-26-12-13-40(32(46)39-26)31-29(50-20(4)44)28(49-19(3)43)27(51-31)25(16-48-18(2)42)37-30(45)24(38-33(47)52-34(5,6)7)14-21-15-35-23-11-9-8-10-22(21)23/h8-13,15,24-25,27-29,31,35H,14,16H2,1-7H3,(H,37,45)(H,38,47)(H,36,39,41,46)/t24-,25-,27-,28-,29-,31-/m1/s1. The van der Waals surface area contributed by atoms with E-state index in [1.54, 1.807) is 27.0 Å². The Kier molecular flexibility index (Phi) is 12.4. The van der Waals surface area contributed by atoms with Crippen molar-refractivity contribution in [1.29, 1.82) is 0 Å². The van der Waals surface area contributed by atoms with Crippen molar-refractivity contribution in [2.45, 2.75) is 97.1 Å². The molecule has 1 saturated heterocycles. The number of anilines is 1. The van der Waals surface area contributed by atoms with Gasteiger partial charge in [-0.2, -0.15) is 4.98 Å². The number of H-pyrrole nitrogens is 1. The van der Waals surface area contributed by atoms with Gasteiger partial charge < -0.3 is 44.6 Å². The monoisotopic (exact) mass is 726 g/mol. The molecule has 3 aromatic rings. The molecule has 3 amide bonds. The van der Waals surface area contributed by atoms with Crippen LogP contribution in [0.3, 0.4) is 0 Å².